The molecule has 3 aromatic rings. The largest absolute Gasteiger partial charge is 0.494 e. The summed E-state index contributed by atoms with van der Waals surface area (Å²) in [6, 6.07) is 5.55. The minimum Gasteiger partial charge on any atom is -0.494 e. The maximum absolute atomic E-state index is 13.5. The number of H-pyrrole nitrogens is 1. The van der Waals surface area contributed by atoms with Crippen LogP contribution < -0.4 is 10.1 Å². The van der Waals surface area contributed by atoms with E-state index in [1.165, 1.54) is 4.88 Å². The fraction of sp³-hybridized carbons (Fsp3) is 0.458. The summed E-state index contributed by atoms with van der Waals surface area (Å²) in [4.78, 5) is 19.4. The minimum absolute atomic E-state index is 0.00546. The lowest BCUT2D eigenvalue weighted by atomic mass is 9.80. The van der Waals surface area contributed by atoms with Crippen molar-refractivity contribution in [1.29, 1.82) is 0 Å². The number of nitrogens with zero attached hydrogens (tertiary/aromatic N) is 4. The molecular formula is C24H23F3N6O2S. The van der Waals surface area contributed by atoms with Gasteiger partial charge in [0.05, 0.1) is 17.7 Å². The van der Waals surface area contributed by atoms with Gasteiger partial charge in [0.15, 0.2) is 0 Å². The molecule has 12 heteroatoms. The Morgan fingerprint density at radius 1 is 1.25 bits per heavy atom. The number of ether oxygens (including phenoxy) is 1. The fourth-order valence-electron chi connectivity index (χ4n) is 5.11. The first-order chi connectivity index (χ1) is 17.3. The average Bonchev–Trinajstić information content (AvgIpc) is 3.21. The third kappa shape index (κ3) is 4.38. The van der Waals surface area contributed by atoms with Crippen molar-refractivity contribution in [2.45, 2.75) is 62.6 Å². The van der Waals surface area contributed by atoms with Gasteiger partial charge in [0.2, 0.25) is 5.82 Å². The Balaban J connectivity index is 1.29. The van der Waals surface area contributed by atoms with Gasteiger partial charge in [-0.25, -0.2) is 4.98 Å². The molecule has 0 unspecified atom stereocenters. The molecule has 3 aliphatic rings. The number of halogens is 3. The van der Waals surface area contributed by atoms with E-state index in [1.54, 1.807) is 17.4 Å². The molecule has 3 heterocycles. The normalized spacial score (nSPS) is 21.7. The van der Waals surface area contributed by atoms with Crippen molar-refractivity contribution in [2.24, 2.45) is 0 Å². The first-order valence-electron chi connectivity index (χ1n) is 11.9. The van der Waals surface area contributed by atoms with Crippen molar-refractivity contribution in [1.82, 2.24) is 30.9 Å². The fourth-order valence-corrected chi connectivity index (χ4v) is 6.25. The van der Waals surface area contributed by atoms with E-state index >= 15 is 0 Å². The number of tetrazole rings is 1. The predicted octanol–water partition coefficient (Wildman–Crippen LogP) is 4.53. The summed E-state index contributed by atoms with van der Waals surface area (Å²) in [6.45, 7) is -0.00546. The SMILES string of the molecule is O=C1N[C@]2(CCc3cc(OCCCC(F)(F)F)ccc32)CC(c2ncc(C3CC3)s2)=C1c1nn[nH]n1. The average molecular weight is 517 g/mol. The number of carbonyl (C=O) groups excluding carboxylic acids is 1. The van der Waals surface area contributed by atoms with Crippen LogP contribution in [0.3, 0.4) is 0 Å². The molecule has 0 radical (unpaired) electrons. The highest BCUT2D eigenvalue weighted by Crippen LogP contribution is 2.50. The summed E-state index contributed by atoms with van der Waals surface area (Å²) < 4.78 is 42.8. The number of aryl methyl sites for hydroxylation is 1. The van der Waals surface area contributed by atoms with Gasteiger partial charge >= 0.3 is 6.18 Å². The van der Waals surface area contributed by atoms with E-state index in [0.29, 0.717) is 36.5 Å². The van der Waals surface area contributed by atoms with Crippen molar-refractivity contribution in [2.75, 3.05) is 6.61 Å². The Bertz CT molecular complexity index is 1330. The van der Waals surface area contributed by atoms with Crippen LogP contribution in [0.4, 0.5) is 13.2 Å². The van der Waals surface area contributed by atoms with Crippen molar-refractivity contribution in [3.63, 3.8) is 0 Å². The van der Waals surface area contributed by atoms with E-state index in [9.17, 15) is 18.0 Å². The number of amides is 1. The predicted molar refractivity (Wildman–Crippen MR) is 125 cm³/mol. The number of carbonyl (C=O) groups is 1. The maximum atomic E-state index is 13.5. The van der Waals surface area contributed by atoms with E-state index in [-0.39, 0.29) is 24.8 Å². The van der Waals surface area contributed by atoms with Crippen LogP contribution in [0.25, 0.3) is 11.1 Å². The van der Waals surface area contributed by atoms with Crippen LogP contribution in [0.1, 0.15) is 71.3 Å². The van der Waals surface area contributed by atoms with Gasteiger partial charge in [-0.3, -0.25) is 4.79 Å². The highest BCUT2D eigenvalue weighted by molar-refractivity contribution is 7.13. The topological polar surface area (TPSA) is 106 Å². The van der Waals surface area contributed by atoms with Crippen LogP contribution in [0.15, 0.2) is 24.4 Å². The second kappa shape index (κ2) is 8.68. The van der Waals surface area contributed by atoms with E-state index in [4.69, 9.17) is 4.74 Å². The number of hydrogen-bond donors (Lipinski definition) is 2. The molecule has 6 rings (SSSR count). The second-order valence-electron chi connectivity index (χ2n) is 9.53. The Hall–Kier alpha value is -3.28. The summed E-state index contributed by atoms with van der Waals surface area (Å²) >= 11 is 1.62. The number of nitrogens with one attached hydrogen (secondary N) is 2. The summed E-state index contributed by atoms with van der Waals surface area (Å²) in [6.07, 6.45) is 1.01. The molecule has 1 fully saturated rings. The molecule has 1 atom stereocenters. The molecule has 188 valence electrons. The molecule has 0 saturated heterocycles. The molecule has 2 aromatic heterocycles. The smallest absolute Gasteiger partial charge is 0.389 e. The zero-order chi connectivity index (χ0) is 24.9. The molecule has 1 saturated carbocycles. The van der Waals surface area contributed by atoms with Crippen molar-refractivity contribution >= 4 is 28.4 Å². The number of thiazole rings is 1. The molecule has 36 heavy (non-hydrogen) atoms. The van der Waals surface area contributed by atoms with Gasteiger partial charge in [-0.15, -0.1) is 21.5 Å². The molecule has 8 nitrogen and oxygen atoms in total. The lowest BCUT2D eigenvalue weighted by Gasteiger charge is -2.37. The van der Waals surface area contributed by atoms with Gasteiger partial charge < -0.3 is 10.1 Å². The molecule has 1 aliphatic heterocycles. The van der Waals surface area contributed by atoms with E-state index < -0.39 is 18.1 Å². The Kier molecular flexibility index (Phi) is 5.58. The Morgan fingerprint density at radius 3 is 2.86 bits per heavy atom. The van der Waals surface area contributed by atoms with E-state index in [1.807, 2.05) is 18.3 Å². The highest BCUT2D eigenvalue weighted by atomic mass is 32.1. The quantitative estimate of drug-likeness (QED) is 0.447. The van der Waals surface area contributed by atoms with Gasteiger partial charge in [0.25, 0.3) is 5.91 Å². The van der Waals surface area contributed by atoms with E-state index in [2.05, 4.69) is 30.9 Å². The molecule has 2 aliphatic carbocycles. The summed E-state index contributed by atoms with van der Waals surface area (Å²) in [5.74, 6) is 1.05. The zero-order valence-electron chi connectivity index (χ0n) is 19.2. The molecule has 1 amide bonds. The zero-order valence-corrected chi connectivity index (χ0v) is 20.0. The van der Waals surface area contributed by atoms with Gasteiger partial charge in [0, 0.05) is 29.5 Å². The highest BCUT2D eigenvalue weighted by Gasteiger charge is 2.47. The maximum Gasteiger partial charge on any atom is 0.389 e. The number of fused-ring (bicyclic) bond motifs is 2. The molecule has 0 bridgehead atoms. The summed E-state index contributed by atoms with van der Waals surface area (Å²) in [5, 5.41) is 18.2. The molecular weight excluding hydrogens is 493 g/mol. The summed E-state index contributed by atoms with van der Waals surface area (Å²) in [7, 11) is 0. The third-order valence-corrected chi connectivity index (χ3v) is 8.20. The number of aromatic amines is 1. The first kappa shape index (κ1) is 23.1. The van der Waals surface area contributed by atoms with Crippen molar-refractivity contribution in [3.8, 4) is 5.75 Å². The van der Waals surface area contributed by atoms with Crippen LogP contribution >= 0.6 is 11.3 Å². The number of alkyl halides is 3. The minimum atomic E-state index is -4.19. The molecule has 2 N–H and O–H groups in total. The summed E-state index contributed by atoms with van der Waals surface area (Å²) in [5.41, 5.74) is 2.57. The molecule has 1 aromatic carbocycles. The Labute approximate surface area is 208 Å². The lowest BCUT2D eigenvalue weighted by molar-refractivity contribution is -0.136. The van der Waals surface area contributed by atoms with Crippen molar-refractivity contribution in [3.05, 3.63) is 51.2 Å². The number of rotatable bonds is 7. The lowest BCUT2D eigenvalue weighted by Crippen LogP contribution is -2.48. The van der Waals surface area contributed by atoms with E-state index in [0.717, 1.165) is 34.5 Å². The van der Waals surface area contributed by atoms with Gasteiger partial charge in [0.1, 0.15) is 10.8 Å². The van der Waals surface area contributed by atoms with Crippen LogP contribution in [-0.2, 0) is 16.8 Å². The van der Waals surface area contributed by atoms with Crippen LogP contribution in [0.2, 0.25) is 0 Å². The van der Waals surface area contributed by atoms with Crippen LogP contribution in [-0.4, -0.2) is 44.3 Å². The van der Waals surface area contributed by atoms with Crippen LogP contribution in [0, 0.1) is 0 Å². The number of aromatic nitrogens is 5. The standard InChI is InChI=1S/C24H23F3N6O2S/c25-24(26,27)7-1-9-35-15-4-5-17-14(10-15)6-8-23(17)11-16(22-28-12-18(36-22)13-2-3-13)19(21(34)29-23)20-30-32-33-31-20/h4-5,10,12-13H,1-3,6-9,11H2,(H,29,34)(H,30,31,32,33)/t23-/m1/s1. The Morgan fingerprint density at radius 2 is 2.11 bits per heavy atom. The first-order valence-corrected chi connectivity index (χ1v) is 12.7. The molecule has 1 spiro atoms. The third-order valence-electron chi connectivity index (χ3n) is 6.98. The number of hydrogen-bond acceptors (Lipinski definition) is 7. The van der Waals surface area contributed by atoms with Gasteiger partial charge in [-0.05, 0) is 66.5 Å². The second-order valence-corrected chi connectivity index (χ2v) is 10.6. The monoisotopic (exact) mass is 516 g/mol. The van der Waals surface area contributed by atoms with Crippen LogP contribution in [0.5, 0.6) is 5.75 Å². The van der Waals surface area contributed by atoms with Crippen molar-refractivity contribution < 1.29 is 22.7 Å². The van der Waals surface area contributed by atoms with Gasteiger partial charge in [-0.2, -0.15) is 18.4 Å². The van der Waals surface area contributed by atoms with Gasteiger partial charge in [-0.1, -0.05) is 6.07 Å². The number of benzene rings is 1.